The zero-order chi connectivity index (χ0) is 16.3. The number of carbonyl (C=O) groups excluding carboxylic acids is 2. The van der Waals surface area contributed by atoms with Gasteiger partial charge in [0.25, 0.3) is 0 Å². The number of ketones is 2. The van der Waals surface area contributed by atoms with E-state index >= 15 is 0 Å². The third kappa shape index (κ3) is 3.85. The van der Waals surface area contributed by atoms with Crippen molar-refractivity contribution in [2.24, 2.45) is 11.8 Å². The molecule has 116 valence electrons. The normalized spacial score (nSPS) is 17.3. The molecule has 0 fully saturated rings. The molecule has 1 aromatic rings. The Bertz CT molecular complexity index is 655. The summed E-state index contributed by atoms with van der Waals surface area (Å²) in [7, 11) is 0. The predicted octanol–water partition coefficient (Wildman–Crippen LogP) is 2.94. The molecule has 0 saturated heterocycles. The van der Waals surface area contributed by atoms with Crippen LogP contribution in [-0.2, 0) is 16.0 Å². The largest absolute Gasteiger partial charge is 0.504 e. The maximum Gasteiger partial charge on any atom is 0.225 e. The molecule has 0 spiro atoms. The van der Waals surface area contributed by atoms with E-state index in [0.717, 1.165) is 24.0 Å². The van der Waals surface area contributed by atoms with Gasteiger partial charge in [-0.1, -0.05) is 26.0 Å². The van der Waals surface area contributed by atoms with E-state index in [0.29, 0.717) is 11.8 Å². The topological polar surface area (TPSA) is 74.6 Å². The minimum atomic E-state index is -0.469. The fraction of sp³-hybridized carbons (Fsp3) is 0.333. The number of phenols is 2. The second-order valence-electron chi connectivity index (χ2n) is 5.97. The van der Waals surface area contributed by atoms with E-state index in [1.807, 2.05) is 0 Å². The van der Waals surface area contributed by atoms with Crippen molar-refractivity contribution >= 4 is 11.6 Å². The second kappa shape index (κ2) is 6.60. The summed E-state index contributed by atoms with van der Waals surface area (Å²) in [6, 6.07) is 4.85. The van der Waals surface area contributed by atoms with Crippen molar-refractivity contribution in [3.8, 4) is 11.5 Å². The van der Waals surface area contributed by atoms with Crippen LogP contribution in [0.15, 0.2) is 42.0 Å². The summed E-state index contributed by atoms with van der Waals surface area (Å²) in [6.45, 7) is 4.20. The van der Waals surface area contributed by atoms with E-state index in [-0.39, 0.29) is 11.5 Å². The van der Waals surface area contributed by atoms with Crippen molar-refractivity contribution in [1.29, 1.82) is 0 Å². The molecule has 0 unspecified atom stereocenters. The molecular formula is C18H20O4. The highest BCUT2D eigenvalue weighted by atomic mass is 16.3. The Balaban J connectivity index is 1.97. The van der Waals surface area contributed by atoms with Gasteiger partial charge in [0, 0.05) is 0 Å². The van der Waals surface area contributed by atoms with Gasteiger partial charge in [-0.3, -0.25) is 9.59 Å². The van der Waals surface area contributed by atoms with Gasteiger partial charge < -0.3 is 10.2 Å². The standard InChI is InChI=1S/C18H20O4/c1-11(7-13-3-5-15(19)17(21)9-13)12(2)8-14-4-6-16(20)18(22)10-14/h3-6,9-12,19,21H,7-8H2,1-2H3/t11-,12+/m0/s1. The molecular weight excluding hydrogens is 280 g/mol. The lowest BCUT2D eigenvalue weighted by molar-refractivity contribution is -0.131. The summed E-state index contributed by atoms with van der Waals surface area (Å²) < 4.78 is 0. The molecule has 0 heterocycles. The minimum Gasteiger partial charge on any atom is -0.504 e. The molecule has 22 heavy (non-hydrogen) atoms. The van der Waals surface area contributed by atoms with Gasteiger partial charge in [-0.15, -0.1) is 0 Å². The highest BCUT2D eigenvalue weighted by Crippen LogP contribution is 2.29. The Morgan fingerprint density at radius 2 is 1.59 bits per heavy atom. The molecule has 4 nitrogen and oxygen atoms in total. The SMILES string of the molecule is C[C@H](CC1=CC(=O)C(=O)C=C1)[C@@H](C)Cc1ccc(O)c(O)c1. The van der Waals surface area contributed by atoms with Gasteiger partial charge in [0.1, 0.15) is 0 Å². The number of aromatic hydroxyl groups is 2. The van der Waals surface area contributed by atoms with Gasteiger partial charge in [0.05, 0.1) is 0 Å². The first-order valence-electron chi connectivity index (χ1n) is 7.34. The number of hydrogen-bond donors (Lipinski definition) is 2. The Kier molecular flexibility index (Phi) is 4.81. The summed E-state index contributed by atoms with van der Waals surface area (Å²) >= 11 is 0. The lowest BCUT2D eigenvalue weighted by Gasteiger charge is -2.21. The van der Waals surface area contributed by atoms with Gasteiger partial charge in [-0.05, 0) is 60.1 Å². The van der Waals surface area contributed by atoms with Crippen LogP contribution in [-0.4, -0.2) is 21.8 Å². The Morgan fingerprint density at radius 3 is 2.23 bits per heavy atom. The molecule has 0 saturated carbocycles. The van der Waals surface area contributed by atoms with Gasteiger partial charge in [-0.2, -0.15) is 0 Å². The highest BCUT2D eigenvalue weighted by molar-refractivity contribution is 6.46. The molecule has 1 aliphatic carbocycles. The van der Waals surface area contributed by atoms with Crippen LogP contribution in [0, 0.1) is 11.8 Å². The summed E-state index contributed by atoms with van der Waals surface area (Å²) in [5.41, 5.74) is 1.83. The fourth-order valence-corrected chi connectivity index (χ4v) is 2.52. The maximum absolute atomic E-state index is 11.4. The second-order valence-corrected chi connectivity index (χ2v) is 5.97. The first-order chi connectivity index (χ1) is 10.4. The smallest absolute Gasteiger partial charge is 0.225 e. The van der Waals surface area contributed by atoms with Crippen molar-refractivity contribution in [2.75, 3.05) is 0 Å². The van der Waals surface area contributed by atoms with Crippen LogP contribution < -0.4 is 0 Å². The summed E-state index contributed by atoms with van der Waals surface area (Å²) in [6.07, 6.45) is 5.93. The summed E-state index contributed by atoms with van der Waals surface area (Å²) in [5, 5.41) is 18.9. The van der Waals surface area contributed by atoms with Crippen LogP contribution in [0.2, 0.25) is 0 Å². The number of hydrogen-bond acceptors (Lipinski definition) is 4. The average molecular weight is 300 g/mol. The molecule has 1 aromatic carbocycles. The van der Waals surface area contributed by atoms with E-state index < -0.39 is 11.6 Å². The summed E-state index contributed by atoms with van der Waals surface area (Å²) in [4.78, 5) is 22.5. The molecule has 4 heteroatoms. The van der Waals surface area contributed by atoms with E-state index in [4.69, 9.17) is 0 Å². The first kappa shape index (κ1) is 16.0. The molecule has 2 N–H and O–H groups in total. The number of allylic oxidation sites excluding steroid dienone is 4. The minimum absolute atomic E-state index is 0.112. The van der Waals surface area contributed by atoms with Crippen LogP contribution in [0.3, 0.4) is 0 Å². The zero-order valence-corrected chi connectivity index (χ0v) is 12.7. The molecule has 2 rings (SSSR count). The van der Waals surface area contributed by atoms with Crippen LogP contribution in [0.5, 0.6) is 11.5 Å². The lowest BCUT2D eigenvalue weighted by Crippen LogP contribution is -2.15. The highest BCUT2D eigenvalue weighted by Gasteiger charge is 2.18. The van der Waals surface area contributed by atoms with Gasteiger partial charge in [0.2, 0.25) is 11.6 Å². The van der Waals surface area contributed by atoms with Crippen molar-refractivity contribution < 1.29 is 19.8 Å². The summed E-state index contributed by atoms with van der Waals surface area (Å²) in [5.74, 6) is -0.520. The Labute approximate surface area is 129 Å². The molecule has 0 bridgehead atoms. The third-order valence-electron chi connectivity index (χ3n) is 4.13. The molecule has 0 radical (unpaired) electrons. The molecule has 0 aromatic heterocycles. The molecule has 0 aliphatic heterocycles. The fourth-order valence-electron chi connectivity index (χ4n) is 2.52. The van der Waals surface area contributed by atoms with E-state index in [1.54, 1.807) is 18.2 Å². The van der Waals surface area contributed by atoms with Crippen molar-refractivity contribution in [3.05, 3.63) is 47.6 Å². The number of carbonyl (C=O) groups is 2. The van der Waals surface area contributed by atoms with E-state index in [1.165, 1.54) is 18.2 Å². The molecule has 2 atom stereocenters. The number of benzene rings is 1. The average Bonchev–Trinajstić information content (AvgIpc) is 2.46. The van der Waals surface area contributed by atoms with Crippen LogP contribution in [0.4, 0.5) is 0 Å². The maximum atomic E-state index is 11.4. The zero-order valence-electron chi connectivity index (χ0n) is 12.7. The monoisotopic (exact) mass is 300 g/mol. The molecule has 1 aliphatic rings. The lowest BCUT2D eigenvalue weighted by atomic mass is 9.84. The van der Waals surface area contributed by atoms with Gasteiger partial charge in [0.15, 0.2) is 11.5 Å². The third-order valence-corrected chi connectivity index (χ3v) is 4.13. The van der Waals surface area contributed by atoms with Gasteiger partial charge in [-0.25, -0.2) is 0 Å². The van der Waals surface area contributed by atoms with Gasteiger partial charge >= 0.3 is 0 Å². The van der Waals surface area contributed by atoms with E-state index in [2.05, 4.69) is 13.8 Å². The molecule has 0 amide bonds. The van der Waals surface area contributed by atoms with Crippen LogP contribution in [0.1, 0.15) is 25.8 Å². The van der Waals surface area contributed by atoms with Crippen LogP contribution in [0.25, 0.3) is 0 Å². The van der Waals surface area contributed by atoms with E-state index in [9.17, 15) is 19.8 Å². The van der Waals surface area contributed by atoms with Crippen molar-refractivity contribution in [1.82, 2.24) is 0 Å². The van der Waals surface area contributed by atoms with Crippen molar-refractivity contribution in [2.45, 2.75) is 26.7 Å². The predicted molar refractivity (Wildman–Crippen MR) is 83.7 cm³/mol. The quantitative estimate of drug-likeness (QED) is 0.498. The number of phenolic OH excluding ortho intramolecular Hbond substituents is 2. The van der Waals surface area contributed by atoms with Crippen molar-refractivity contribution in [3.63, 3.8) is 0 Å². The van der Waals surface area contributed by atoms with Crippen LogP contribution >= 0.6 is 0 Å². The Morgan fingerprint density at radius 1 is 0.909 bits per heavy atom. The number of rotatable bonds is 5. The first-order valence-corrected chi connectivity index (χ1v) is 7.34. The Hall–Kier alpha value is -2.36.